The molecule has 1 heterocycles. The van der Waals surface area contributed by atoms with Crippen LogP contribution in [0.4, 0.5) is 0 Å². The summed E-state index contributed by atoms with van der Waals surface area (Å²) < 4.78 is 27.0. The Morgan fingerprint density at radius 3 is 2.40 bits per heavy atom. The van der Waals surface area contributed by atoms with E-state index in [4.69, 9.17) is 5.73 Å². The van der Waals surface area contributed by atoms with Crippen molar-refractivity contribution in [2.24, 2.45) is 5.73 Å². The number of piperidine rings is 1. The van der Waals surface area contributed by atoms with Crippen molar-refractivity contribution < 1.29 is 8.42 Å². The standard InChI is InChI=1S/C15H24N2O2S/c1-12-5-3-6-13(2)17(12)20(18,19)11-15-8-4-7-14(9-15)10-16/h4,7-9,12-13H,3,5-6,10-11,16H2,1-2H3/t12-,13+. The largest absolute Gasteiger partial charge is 0.326 e. The van der Waals surface area contributed by atoms with Crippen LogP contribution in [0.1, 0.15) is 44.2 Å². The van der Waals surface area contributed by atoms with Crippen molar-refractivity contribution in [2.75, 3.05) is 0 Å². The molecule has 0 aliphatic carbocycles. The van der Waals surface area contributed by atoms with Gasteiger partial charge >= 0.3 is 0 Å². The highest BCUT2D eigenvalue weighted by Crippen LogP contribution is 2.27. The normalized spacial score (nSPS) is 24.8. The van der Waals surface area contributed by atoms with Crippen LogP contribution in [-0.4, -0.2) is 24.8 Å². The van der Waals surface area contributed by atoms with Crippen LogP contribution in [0.3, 0.4) is 0 Å². The zero-order valence-corrected chi connectivity index (χ0v) is 13.1. The molecule has 0 saturated carbocycles. The third-order valence-electron chi connectivity index (χ3n) is 4.01. The fourth-order valence-corrected chi connectivity index (χ4v) is 5.13. The third kappa shape index (κ3) is 3.40. The zero-order valence-electron chi connectivity index (χ0n) is 12.2. The van der Waals surface area contributed by atoms with Gasteiger partial charge in [0.05, 0.1) is 5.75 Å². The average Bonchev–Trinajstić information content (AvgIpc) is 2.37. The molecule has 1 aliphatic rings. The Labute approximate surface area is 122 Å². The molecule has 0 bridgehead atoms. The molecular formula is C15H24N2O2S. The van der Waals surface area contributed by atoms with Gasteiger partial charge in [0.15, 0.2) is 0 Å². The van der Waals surface area contributed by atoms with Gasteiger partial charge in [0.2, 0.25) is 10.0 Å². The van der Waals surface area contributed by atoms with E-state index in [1.165, 1.54) is 0 Å². The van der Waals surface area contributed by atoms with Crippen LogP contribution in [0.2, 0.25) is 0 Å². The molecule has 0 aromatic heterocycles. The second-order valence-corrected chi connectivity index (χ2v) is 7.61. The van der Waals surface area contributed by atoms with E-state index in [1.54, 1.807) is 4.31 Å². The van der Waals surface area contributed by atoms with Gasteiger partial charge in [-0.05, 0) is 37.8 Å². The molecule has 5 heteroatoms. The van der Waals surface area contributed by atoms with Gasteiger partial charge in [0.25, 0.3) is 0 Å². The smallest absolute Gasteiger partial charge is 0.218 e. The lowest BCUT2D eigenvalue weighted by Crippen LogP contribution is -2.47. The lowest BCUT2D eigenvalue weighted by atomic mass is 10.0. The Balaban J connectivity index is 2.21. The predicted octanol–water partition coefficient (Wildman–Crippen LogP) is 2.24. The van der Waals surface area contributed by atoms with E-state index in [-0.39, 0.29) is 17.8 Å². The maximum absolute atomic E-state index is 12.7. The van der Waals surface area contributed by atoms with Crippen molar-refractivity contribution >= 4 is 10.0 Å². The van der Waals surface area contributed by atoms with Crippen molar-refractivity contribution in [1.29, 1.82) is 0 Å². The summed E-state index contributed by atoms with van der Waals surface area (Å²) in [5, 5.41) is 0. The van der Waals surface area contributed by atoms with Crippen LogP contribution in [-0.2, 0) is 22.3 Å². The Kier molecular flexibility index (Phi) is 4.83. The molecule has 112 valence electrons. The van der Waals surface area contributed by atoms with E-state index in [9.17, 15) is 8.42 Å². The second kappa shape index (κ2) is 6.24. The van der Waals surface area contributed by atoms with Crippen LogP contribution in [0.25, 0.3) is 0 Å². The third-order valence-corrected chi connectivity index (χ3v) is 6.07. The first-order valence-corrected chi connectivity index (χ1v) is 8.84. The first-order chi connectivity index (χ1) is 9.44. The zero-order chi connectivity index (χ0) is 14.8. The predicted molar refractivity (Wildman–Crippen MR) is 81.6 cm³/mol. The fraction of sp³-hybridized carbons (Fsp3) is 0.600. The molecule has 1 aromatic rings. The number of rotatable bonds is 4. The maximum atomic E-state index is 12.7. The molecule has 1 fully saturated rings. The summed E-state index contributed by atoms with van der Waals surface area (Å²) in [4.78, 5) is 0. The van der Waals surface area contributed by atoms with Gasteiger partial charge < -0.3 is 5.73 Å². The van der Waals surface area contributed by atoms with Gasteiger partial charge in [-0.3, -0.25) is 0 Å². The summed E-state index contributed by atoms with van der Waals surface area (Å²) in [5.74, 6) is 0.0650. The van der Waals surface area contributed by atoms with Gasteiger partial charge in [0.1, 0.15) is 0 Å². The summed E-state index contributed by atoms with van der Waals surface area (Å²) in [5.41, 5.74) is 7.40. The van der Waals surface area contributed by atoms with Crippen LogP contribution in [0, 0.1) is 0 Å². The number of hydrogen-bond donors (Lipinski definition) is 1. The Morgan fingerprint density at radius 2 is 1.80 bits per heavy atom. The molecule has 0 radical (unpaired) electrons. The second-order valence-electron chi connectivity index (χ2n) is 5.74. The van der Waals surface area contributed by atoms with Crippen LogP contribution in [0.15, 0.2) is 24.3 Å². The fourth-order valence-electron chi connectivity index (χ4n) is 3.08. The first-order valence-electron chi connectivity index (χ1n) is 7.23. The summed E-state index contributed by atoms with van der Waals surface area (Å²) in [6.45, 7) is 4.44. The summed E-state index contributed by atoms with van der Waals surface area (Å²) in [6.07, 6.45) is 3.01. The van der Waals surface area contributed by atoms with Gasteiger partial charge in [0, 0.05) is 18.6 Å². The highest BCUT2D eigenvalue weighted by molar-refractivity contribution is 7.88. The maximum Gasteiger partial charge on any atom is 0.218 e. The first kappa shape index (κ1) is 15.5. The molecule has 1 saturated heterocycles. The number of nitrogens with zero attached hydrogens (tertiary/aromatic N) is 1. The molecule has 2 atom stereocenters. The Bertz CT molecular complexity index is 547. The highest BCUT2D eigenvalue weighted by Gasteiger charge is 2.34. The molecule has 2 N–H and O–H groups in total. The van der Waals surface area contributed by atoms with Gasteiger partial charge in [-0.25, -0.2) is 8.42 Å². The van der Waals surface area contributed by atoms with E-state index >= 15 is 0 Å². The number of benzene rings is 1. The lowest BCUT2D eigenvalue weighted by molar-refractivity contribution is 0.204. The summed E-state index contributed by atoms with van der Waals surface area (Å²) in [6, 6.07) is 7.73. The van der Waals surface area contributed by atoms with E-state index in [1.807, 2.05) is 38.1 Å². The van der Waals surface area contributed by atoms with Crippen LogP contribution in [0.5, 0.6) is 0 Å². The SMILES string of the molecule is C[C@@H]1CCC[C@H](C)N1S(=O)(=O)Cc1cccc(CN)c1. The highest BCUT2D eigenvalue weighted by atomic mass is 32.2. The molecule has 0 spiro atoms. The van der Waals surface area contributed by atoms with E-state index in [0.29, 0.717) is 6.54 Å². The summed E-state index contributed by atoms with van der Waals surface area (Å²) >= 11 is 0. The molecule has 1 aromatic carbocycles. The number of sulfonamides is 1. The lowest BCUT2D eigenvalue weighted by Gasteiger charge is -2.37. The Hall–Kier alpha value is -0.910. The van der Waals surface area contributed by atoms with Crippen LogP contribution >= 0.6 is 0 Å². The van der Waals surface area contributed by atoms with E-state index in [2.05, 4.69) is 0 Å². The van der Waals surface area contributed by atoms with Gasteiger partial charge in [-0.15, -0.1) is 0 Å². The van der Waals surface area contributed by atoms with E-state index in [0.717, 1.165) is 30.4 Å². The van der Waals surface area contributed by atoms with Gasteiger partial charge in [-0.2, -0.15) is 4.31 Å². The minimum Gasteiger partial charge on any atom is -0.326 e. The van der Waals surface area contributed by atoms with E-state index < -0.39 is 10.0 Å². The topological polar surface area (TPSA) is 63.4 Å². The van der Waals surface area contributed by atoms with Crippen LogP contribution < -0.4 is 5.73 Å². The molecule has 0 unspecified atom stereocenters. The minimum atomic E-state index is -3.27. The monoisotopic (exact) mass is 296 g/mol. The average molecular weight is 296 g/mol. The van der Waals surface area contributed by atoms with Crippen molar-refractivity contribution in [2.45, 2.75) is 57.5 Å². The van der Waals surface area contributed by atoms with Crippen molar-refractivity contribution in [1.82, 2.24) is 4.31 Å². The minimum absolute atomic E-state index is 0.0650. The molecular weight excluding hydrogens is 272 g/mol. The molecule has 4 nitrogen and oxygen atoms in total. The summed E-state index contributed by atoms with van der Waals surface area (Å²) in [7, 11) is -3.27. The molecule has 0 amide bonds. The quantitative estimate of drug-likeness (QED) is 0.927. The van der Waals surface area contributed by atoms with Crippen molar-refractivity contribution in [3.63, 3.8) is 0 Å². The molecule has 2 rings (SSSR count). The molecule has 1 aliphatic heterocycles. The van der Waals surface area contributed by atoms with Crippen molar-refractivity contribution in [3.8, 4) is 0 Å². The van der Waals surface area contributed by atoms with Gasteiger partial charge in [-0.1, -0.05) is 30.7 Å². The Morgan fingerprint density at radius 1 is 1.20 bits per heavy atom. The number of nitrogens with two attached hydrogens (primary N) is 1. The molecule has 20 heavy (non-hydrogen) atoms. The number of hydrogen-bond acceptors (Lipinski definition) is 3. The van der Waals surface area contributed by atoms with Crippen molar-refractivity contribution in [3.05, 3.63) is 35.4 Å².